The largest absolute Gasteiger partial charge is 0.497 e. The molecule has 0 aliphatic rings. The quantitative estimate of drug-likeness (QED) is 0.180. The third kappa shape index (κ3) is 4.86. The van der Waals surface area contributed by atoms with Crippen molar-refractivity contribution in [1.29, 1.82) is 5.26 Å². The highest BCUT2D eigenvalue weighted by Crippen LogP contribution is 2.36. The maximum atomic E-state index is 11.4. The first-order chi connectivity index (χ1) is 16.1. The second-order valence-corrected chi connectivity index (χ2v) is 8.08. The summed E-state index contributed by atoms with van der Waals surface area (Å²) in [5.74, 6) is 1.04. The van der Waals surface area contributed by atoms with E-state index in [1.807, 2.05) is 60.7 Å². The Hall–Kier alpha value is -4.15. The van der Waals surface area contributed by atoms with E-state index < -0.39 is 4.92 Å². The summed E-state index contributed by atoms with van der Waals surface area (Å²) in [7, 11) is 1.60. The van der Waals surface area contributed by atoms with Crippen molar-refractivity contribution in [3.8, 4) is 34.2 Å². The van der Waals surface area contributed by atoms with Gasteiger partial charge in [0.1, 0.15) is 16.8 Å². The number of hydrogen-bond acceptors (Lipinski definition) is 6. The number of para-hydroxylation sites is 1. The molecule has 0 saturated carbocycles. The fourth-order valence-electron chi connectivity index (χ4n) is 3.45. The molecule has 0 fully saturated rings. The van der Waals surface area contributed by atoms with Crippen LogP contribution in [-0.4, -0.2) is 17.0 Å². The Bertz CT molecular complexity index is 1330. The Balaban J connectivity index is 1.81. The molecule has 0 aliphatic carbocycles. The van der Waals surface area contributed by atoms with Crippen molar-refractivity contribution in [2.45, 2.75) is 10.8 Å². The maximum absolute atomic E-state index is 11.4. The van der Waals surface area contributed by atoms with E-state index >= 15 is 0 Å². The third-order valence-corrected chi connectivity index (χ3v) is 6.15. The maximum Gasteiger partial charge on any atom is 0.273 e. The molecule has 1 heterocycles. The van der Waals surface area contributed by atoms with Crippen LogP contribution in [-0.2, 0) is 5.75 Å². The van der Waals surface area contributed by atoms with Gasteiger partial charge in [-0.3, -0.25) is 10.1 Å². The molecule has 4 rings (SSSR count). The number of aromatic nitrogens is 1. The van der Waals surface area contributed by atoms with Gasteiger partial charge in [0.2, 0.25) is 0 Å². The topological polar surface area (TPSA) is 89.1 Å². The van der Waals surface area contributed by atoms with Gasteiger partial charge >= 0.3 is 0 Å². The van der Waals surface area contributed by atoms with E-state index in [-0.39, 0.29) is 5.69 Å². The summed E-state index contributed by atoms with van der Waals surface area (Å²) in [4.78, 5) is 15.8. The molecule has 0 aliphatic heterocycles. The number of pyridine rings is 1. The van der Waals surface area contributed by atoms with Crippen LogP contribution in [0.4, 0.5) is 5.69 Å². The van der Waals surface area contributed by atoms with Crippen molar-refractivity contribution in [3.63, 3.8) is 0 Å². The summed E-state index contributed by atoms with van der Waals surface area (Å²) in [6.45, 7) is 0. The predicted molar refractivity (Wildman–Crippen MR) is 129 cm³/mol. The van der Waals surface area contributed by atoms with Crippen LogP contribution in [0.3, 0.4) is 0 Å². The first kappa shape index (κ1) is 22.1. The number of ether oxygens (including phenoxy) is 1. The number of rotatable bonds is 7. The van der Waals surface area contributed by atoms with E-state index in [9.17, 15) is 15.4 Å². The van der Waals surface area contributed by atoms with Gasteiger partial charge in [-0.25, -0.2) is 4.98 Å². The molecule has 4 aromatic rings. The van der Waals surface area contributed by atoms with Gasteiger partial charge in [-0.2, -0.15) is 5.26 Å². The summed E-state index contributed by atoms with van der Waals surface area (Å²) in [5.41, 5.74) is 4.32. The Morgan fingerprint density at radius 3 is 2.36 bits per heavy atom. The van der Waals surface area contributed by atoms with Gasteiger partial charge in [-0.15, -0.1) is 11.8 Å². The van der Waals surface area contributed by atoms with Gasteiger partial charge in [0.05, 0.1) is 23.3 Å². The second kappa shape index (κ2) is 9.98. The summed E-state index contributed by atoms with van der Waals surface area (Å²) in [6.07, 6.45) is 0. The molecule has 0 amide bonds. The third-order valence-electron chi connectivity index (χ3n) is 5.12. The van der Waals surface area contributed by atoms with Crippen molar-refractivity contribution >= 4 is 17.4 Å². The molecule has 6 nitrogen and oxygen atoms in total. The fourth-order valence-corrected chi connectivity index (χ4v) is 4.45. The van der Waals surface area contributed by atoms with Gasteiger partial charge in [0.25, 0.3) is 5.69 Å². The molecule has 162 valence electrons. The molecular formula is C26H19N3O3S. The lowest BCUT2D eigenvalue weighted by molar-refractivity contribution is -0.385. The lowest BCUT2D eigenvalue weighted by Crippen LogP contribution is -1.98. The van der Waals surface area contributed by atoms with E-state index in [0.717, 1.165) is 28.1 Å². The summed E-state index contributed by atoms with van der Waals surface area (Å²) in [5, 5.41) is 22.0. The zero-order valence-corrected chi connectivity index (χ0v) is 18.6. The summed E-state index contributed by atoms with van der Waals surface area (Å²) in [6, 6.07) is 28.0. The van der Waals surface area contributed by atoms with Gasteiger partial charge in [0, 0.05) is 28.5 Å². The van der Waals surface area contributed by atoms with Crippen molar-refractivity contribution < 1.29 is 9.66 Å². The number of nitrogens with zero attached hydrogens (tertiary/aromatic N) is 3. The molecule has 0 radical (unpaired) electrons. The predicted octanol–water partition coefficient (Wildman–Crippen LogP) is 6.50. The SMILES string of the molecule is COc1ccc(-c2cc(-c3ccccc3)nc(SCc3ccccc3[N+](=O)[O-])c2C#N)cc1. The normalized spacial score (nSPS) is 10.4. The molecule has 33 heavy (non-hydrogen) atoms. The average molecular weight is 454 g/mol. The van der Waals surface area contributed by atoms with Crippen molar-refractivity contribution in [1.82, 2.24) is 4.98 Å². The minimum atomic E-state index is -0.391. The van der Waals surface area contributed by atoms with Crippen LogP contribution in [0.1, 0.15) is 11.1 Å². The Morgan fingerprint density at radius 1 is 1.00 bits per heavy atom. The number of nitro groups is 1. The van der Waals surface area contributed by atoms with Gasteiger partial charge in [-0.05, 0) is 23.8 Å². The monoisotopic (exact) mass is 453 g/mol. The lowest BCUT2D eigenvalue weighted by atomic mass is 9.99. The zero-order valence-electron chi connectivity index (χ0n) is 17.8. The van der Waals surface area contributed by atoms with Crippen molar-refractivity contribution in [2.24, 2.45) is 0 Å². The second-order valence-electron chi connectivity index (χ2n) is 7.12. The van der Waals surface area contributed by atoms with E-state index in [1.165, 1.54) is 17.8 Å². The van der Waals surface area contributed by atoms with Crippen LogP contribution >= 0.6 is 11.8 Å². The number of hydrogen-bond donors (Lipinski definition) is 0. The summed E-state index contributed by atoms with van der Waals surface area (Å²) >= 11 is 1.32. The summed E-state index contributed by atoms with van der Waals surface area (Å²) < 4.78 is 5.26. The highest BCUT2D eigenvalue weighted by atomic mass is 32.2. The van der Waals surface area contributed by atoms with E-state index in [4.69, 9.17) is 9.72 Å². The highest BCUT2D eigenvalue weighted by molar-refractivity contribution is 7.98. The molecule has 0 bridgehead atoms. The van der Waals surface area contributed by atoms with Gasteiger partial charge < -0.3 is 4.74 Å². The first-order valence-corrected chi connectivity index (χ1v) is 11.1. The number of thioether (sulfide) groups is 1. The molecule has 0 atom stereocenters. The molecular weight excluding hydrogens is 434 g/mol. The van der Waals surface area contributed by atoms with Crippen molar-refractivity contribution in [2.75, 3.05) is 7.11 Å². The first-order valence-electron chi connectivity index (χ1n) is 10.1. The molecule has 3 aromatic carbocycles. The highest BCUT2D eigenvalue weighted by Gasteiger charge is 2.18. The smallest absolute Gasteiger partial charge is 0.273 e. The van der Waals surface area contributed by atoms with Crippen LogP contribution in [0.15, 0.2) is 90.0 Å². The Kier molecular flexibility index (Phi) is 6.67. The lowest BCUT2D eigenvalue weighted by Gasteiger charge is -2.13. The van der Waals surface area contributed by atoms with Crippen LogP contribution in [0.25, 0.3) is 22.4 Å². The molecule has 7 heteroatoms. The van der Waals surface area contributed by atoms with E-state index in [1.54, 1.807) is 25.3 Å². The minimum Gasteiger partial charge on any atom is -0.497 e. The number of methoxy groups -OCH3 is 1. The Morgan fingerprint density at radius 2 is 1.70 bits per heavy atom. The molecule has 0 unspecified atom stereocenters. The zero-order chi connectivity index (χ0) is 23.2. The van der Waals surface area contributed by atoms with Crippen LogP contribution in [0.5, 0.6) is 5.75 Å². The number of nitro benzene ring substituents is 1. The van der Waals surface area contributed by atoms with Gasteiger partial charge in [-0.1, -0.05) is 60.7 Å². The standard InChI is InChI=1S/C26H19N3O3S/c1-32-21-13-11-18(12-14-21)22-15-24(19-7-3-2-4-8-19)28-26(23(22)16-27)33-17-20-9-5-6-10-25(20)29(30)31/h2-15H,17H2,1H3. The average Bonchev–Trinajstić information content (AvgIpc) is 2.87. The van der Waals surface area contributed by atoms with Gasteiger partial charge in [0.15, 0.2) is 0 Å². The van der Waals surface area contributed by atoms with E-state index in [2.05, 4.69) is 6.07 Å². The van der Waals surface area contributed by atoms with E-state index in [0.29, 0.717) is 21.9 Å². The number of benzene rings is 3. The molecule has 0 spiro atoms. The Labute approximate surface area is 195 Å². The van der Waals surface area contributed by atoms with Crippen LogP contribution in [0, 0.1) is 21.4 Å². The van der Waals surface area contributed by atoms with Crippen LogP contribution < -0.4 is 4.74 Å². The van der Waals surface area contributed by atoms with Crippen LogP contribution in [0.2, 0.25) is 0 Å². The van der Waals surface area contributed by atoms with Crippen molar-refractivity contribution in [3.05, 3.63) is 106 Å². The molecule has 0 N–H and O–H groups in total. The minimum absolute atomic E-state index is 0.0538. The molecule has 0 saturated heterocycles. The molecule has 1 aromatic heterocycles. The number of nitriles is 1. The fraction of sp³-hybridized carbons (Fsp3) is 0.0769.